The first-order valence-corrected chi connectivity index (χ1v) is 5.97. The molecule has 18 heavy (non-hydrogen) atoms. The zero-order valence-electron chi connectivity index (χ0n) is 10.6. The molecule has 0 saturated heterocycles. The molecule has 0 atom stereocenters. The Morgan fingerprint density at radius 1 is 1.11 bits per heavy atom. The van der Waals surface area contributed by atoms with E-state index in [1.54, 1.807) is 26.0 Å². The maximum atomic E-state index is 11.7. The van der Waals surface area contributed by atoms with Crippen molar-refractivity contribution in [3.05, 3.63) is 35.9 Å². The van der Waals surface area contributed by atoms with Gasteiger partial charge < -0.3 is 9.47 Å². The van der Waals surface area contributed by atoms with E-state index in [9.17, 15) is 9.59 Å². The first-order chi connectivity index (χ1) is 8.69. The fourth-order valence-electron chi connectivity index (χ4n) is 1.54. The van der Waals surface area contributed by atoms with Gasteiger partial charge in [0.05, 0.1) is 13.2 Å². The summed E-state index contributed by atoms with van der Waals surface area (Å²) < 4.78 is 9.79. The predicted molar refractivity (Wildman–Crippen MR) is 65.7 cm³/mol. The summed E-state index contributed by atoms with van der Waals surface area (Å²) in [5.74, 6) is -1.97. The van der Waals surface area contributed by atoms with Gasteiger partial charge in [-0.1, -0.05) is 24.3 Å². The smallest absolute Gasteiger partial charge is 0.320 e. The summed E-state index contributed by atoms with van der Waals surface area (Å²) in [6.45, 7) is 3.91. The van der Waals surface area contributed by atoms with Crippen LogP contribution in [0.3, 0.4) is 0 Å². The third-order valence-electron chi connectivity index (χ3n) is 2.37. The van der Waals surface area contributed by atoms with Crippen LogP contribution in [0.15, 0.2) is 24.3 Å². The molecule has 0 aromatic heterocycles. The molecule has 0 bridgehead atoms. The van der Waals surface area contributed by atoms with Crippen molar-refractivity contribution >= 4 is 11.9 Å². The second-order valence-electron chi connectivity index (χ2n) is 3.67. The van der Waals surface area contributed by atoms with Gasteiger partial charge in [0.2, 0.25) is 0 Å². The lowest BCUT2D eigenvalue weighted by Gasteiger charge is -2.14. The zero-order chi connectivity index (χ0) is 13.4. The highest BCUT2D eigenvalue weighted by atomic mass is 16.6. The van der Waals surface area contributed by atoms with Gasteiger partial charge in [-0.15, -0.1) is 0 Å². The van der Waals surface area contributed by atoms with E-state index in [0.29, 0.717) is 0 Å². The molecule has 1 aromatic rings. The van der Waals surface area contributed by atoms with Crippen LogP contribution < -0.4 is 0 Å². The summed E-state index contributed by atoms with van der Waals surface area (Å²) in [4.78, 5) is 23.5. The number of carbonyl (C=O) groups excluding carboxylic acids is 2. The highest BCUT2D eigenvalue weighted by molar-refractivity contribution is 5.95. The van der Waals surface area contributed by atoms with Crippen LogP contribution in [0.25, 0.3) is 0 Å². The molecule has 0 unspecified atom stereocenters. The molecule has 1 radical (unpaired) electrons. The molecule has 0 fully saturated rings. The van der Waals surface area contributed by atoms with E-state index in [4.69, 9.17) is 9.47 Å². The van der Waals surface area contributed by atoms with Crippen LogP contribution in [0.1, 0.15) is 19.4 Å². The molecule has 0 N–H and O–H groups in total. The van der Waals surface area contributed by atoms with Gasteiger partial charge in [-0.25, -0.2) is 0 Å². The van der Waals surface area contributed by atoms with Crippen LogP contribution in [0.5, 0.6) is 0 Å². The average molecular weight is 249 g/mol. The Hall–Kier alpha value is -1.84. The average Bonchev–Trinajstić information content (AvgIpc) is 2.37. The van der Waals surface area contributed by atoms with Gasteiger partial charge in [-0.2, -0.15) is 0 Å². The van der Waals surface area contributed by atoms with Crippen molar-refractivity contribution in [3.63, 3.8) is 0 Å². The Bertz CT molecular complexity index is 368. The molecule has 0 aliphatic heterocycles. The van der Waals surface area contributed by atoms with Crippen molar-refractivity contribution in [2.75, 3.05) is 13.2 Å². The predicted octanol–water partition coefficient (Wildman–Crippen LogP) is 1.77. The molecular weight excluding hydrogens is 232 g/mol. The standard InChI is InChI=1S/C14H17O4/c1-3-17-13(15)12(14(16)18-4-2)10-11-8-6-5-7-9-11/h6-9,12H,3-4,10H2,1-2H3. The van der Waals surface area contributed by atoms with Gasteiger partial charge in [0, 0.05) is 0 Å². The molecule has 0 heterocycles. The molecule has 4 nitrogen and oxygen atoms in total. The van der Waals surface area contributed by atoms with Crippen molar-refractivity contribution in [1.82, 2.24) is 0 Å². The van der Waals surface area contributed by atoms with E-state index in [0.717, 1.165) is 5.56 Å². The molecule has 4 heteroatoms. The minimum atomic E-state index is -0.896. The number of hydrogen-bond acceptors (Lipinski definition) is 4. The van der Waals surface area contributed by atoms with E-state index >= 15 is 0 Å². The van der Waals surface area contributed by atoms with Crippen molar-refractivity contribution in [3.8, 4) is 0 Å². The van der Waals surface area contributed by atoms with Gasteiger partial charge in [-0.3, -0.25) is 9.59 Å². The topological polar surface area (TPSA) is 52.6 Å². The van der Waals surface area contributed by atoms with Crippen molar-refractivity contribution in [1.29, 1.82) is 0 Å². The van der Waals surface area contributed by atoms with Gasteiger partial charge in [0.1, 0.15) is 0 Å². The molecule has 0 amide bonds. The number of esters is 2. The van der Waals surface area contributed by atoms with Crippen molar-refractivity contribution in [2.24, 2.45) is 5.92 Å². The maximum absolute atomic E-state index is 11.7. The van der Waals surface area contributed by atoms with Crippen molar-refractivity contribution in [2.45, 2.75) is 20.3 Å². The van der Waals surface area contributed by atoms with Crippen LogP contribution in [-0.4, -0.2) is 25.2 Å². The fraction of sp³-hybridized carbons (Fsp3) is 0.429. The summed E-state index contributed by atoms with van der Waals surface area (Å²) in [7, 11) is 0. The van der Waals surface area contributed by atoms with Crippen LogP contribution in [-0.2, 0) is 25.5 Å². The number of hydrogen-bond donors (Lipinski definition) is 0. The van der Waals surface area contributed by atoms with E-state index in [1.807, 2.05) is 12.1 Å². The Labute approximate surface area is 107 Å². The Balaban J connectivity index is 2.77. The van der Waals surface area contributed by atoms with Crippen LogP contribution in [0.2, 0.25) is 0 Å². The SMILES string of the molecule is CCOC(=O)C(Cc1cc[c]cc1)C(=O)OCC. The monoisotopic (exact) mass is 249 g/mol. The molecule has 1 aromatic carbocycles. The maximum Gasteiger partial charge on any atom is 0.320 e. The molecule has 0 saturated carbocycles. The lowest BCUT2D eigenvalue weighted by Crippen LogP contribution is -2.30. The summed E-state index contributed by atoms with van der Waals surface area (Å²) in [5, 5.41) is 0. The summed E-state index contributed by atoms with van der Waals surface area (Å²) in [6.07, 6.45) is 0.284. The summed E-state index contributed by atoms with van der Waals surface area (Å²) >= 11 is 0. The lowest BCUT2D eigenvalue weighted by atomic mass is 9.99. The van der Waals surface area contributed by atoms with E-state index in [-0.39, 0.29) is 19.6 Å². The zero-order valence-corrected chi connectivity index (χ0v) is 10.6. The normalized spacial score (nSPS) is 10.2. The van der Waals surface area contributed by atoms with Gasteiger partial charge in [-0.05, 0) is 31.9 Å². The number of benzene rings is 1. The third kappa shape index (κ3) is 4.20. The van der Waals surface area contributed by atoms with Gasteiger partial charge in [0.15, 0.2) is 5.92 Å². The number of rotatable bonds is 6. The van der Waals surface area contributed by atoms with Gasteiger partial charge in [0.25, 0.3) is 0 Å². The Morgan fingerprint density at radius 2 is 1.61 bits per heavy atom. The second kappa shape index (κ2) is 7.48. The minimum absolute atomic E-state index is 0.247. The lowest BCUT2D eigenvalue weighted by molar-refractivity contribution is -0.161. The van der Waals surface area contributed by atoms with Crippen LogP contribution in [0, 0.1) is 12.0 Å². The first-order valence-electron chi connectivity index (χ1n) is 5.97. The molecular formula is C14H17O4. The van der Waals surface area contributed by atoms with Crippen molar-refractivity contribution < 1.29 is 19.1 Å². The van der Waals surface area contributed by atoms with Crippen LogP contribution in [0.4, 0.5) is 0 Å². The summed E-state index contributed by atoms with van der Waals surface area (Å²) in [5.41, 5.74) is 0.875. The Kier molecular flexibility index (Phi) is 5.91. The molecule has 97 valence electrons. The van der Waals surface area contributed by atoms with E-state index < -0.39 is 17.9 Å². The van der Waals surface area contributed by atoms with E-state index in [1.165, 1.54) is 0 Å². The molecule has 0 aliphatic carbocycles. The quantitative estimate of drug-likeness (QED) is 0.569. The third-order valence-corrected chi connectivity index (χ3v) is 2.37. The molecule has 0 spiro atoms. The number of ether oxygens (including phenoxy) is 2. The largest absolute Gasteiger partial charge is 0.465 e. The minimum Gasteiger partial charge on any atom is -0.465 e. The first kappa shape index (κ1) is 14.2. The highest BCUT2D eigenvalue weighted by Gasteiger charge is 2.29. The van der Waals surface area contributed by atoms with E-state index in [2.05, 4.69) is 6.07 Å². The Morgan fingerprint density at radius 3 is 2.06 bits per heavy atom. The molecule has 0 aliphatic rings. The highest BCUT2D eigenvalue weighted by Crippen LogP contribution is 2.12. The second-order valence-corrected chi connectivity index (χ2v) is 3.67. The number of carbonyl (C=O) groups is 2. The van der Waals surface area contributed by atoms with Gasteiger partial charge >= 0.3 is 11.9 Å². The fourth-order valence-corrected chi connectivity index (χ4v) is 1.54. The van der Waals surface area contributed by atoms with Crippen LogP contribution >= 0.6 is 0 Å². The summed E-state index contributed by atoms with van der Waals surface area (Å²) in [6, 6.07) is 9.98. The molecule has 1 rings (SSSR count).